The first-order chi connectivity index (χ1) is 14.1. The van der Waals surface area contributed by atoms with E-state index in [4.69, 9.17) is 9.47 Å². The summed E-state index contributed by atoms with van der Waals surface area (Å²) in [5.41, 5.74) is 2.15. The molecule has 2 heterocycles. The third kappa shape index (κ3) is 4.17. The molecule has 1 fully saturated rings. The van der Waals surface area contributed by atoms with Gasteiger partial charge in [-0.15, -0.1) is 0 Å². The van der Waals surface area contributed by atoms with Crippen molar-refractivity contribution in [1.82, 2.24) is 9.97 Å². The summed E-state index contributed by atoms with van der Waals surface area (Å²) in [4.78, 5) is 21.7. The molecule has 8 nitrogen and oxygen atoms in total. The van der Waals surface area contributed by atoms with Crippen molar-refractivity contribution >= 4 is 11.6 Å². The maximum Gasteiger partial charge on any atom is 0.352 e. The molecule has 0 unspecified atom stereocenters. The van der Waals surface area contributed by atoms with Gasteiger partial charge in [-0.3, -0.25) is 10.1 Å². The lowest BCUT2D eigenvalue weighted by Crippen LogP contribution is -2.37. The zero-order valence-electron chi connectivity index (χ0n) is 15.9. The molecule has 148 valence electrons. The van der Waals surface area contributed by atoms with Gasteiger partial charge in [0.05, 0.1) is 18.1 Å². The lowest BCUT2D eigenvalue weighted by atomic mass is 10.1. The molecule has 0 aliphatic carbocycles. The van der Waals surface area contributed by atoms with E-state index in [1.165, 1.54) is 0 Å². The first kappa shape index (κ1) is 18.8. The Morgan fingerprint density at radius 1 is 1.00 bits per heavy atom. The highest BCUT2D eigenvalue weighted by Crippen LogP contribution is 2.34. The molecule has 29 heavy (non-hydrogen) atoms. The molecule has 0 saturated carbocycles. The number of nitrogens with zero attached hydrogens (tertiary/aromatic N) is 4. The first-order valence-electron chi connectivity index (χ1n) is 9.31. The van der Waals surface area contributed by atoms with Crippen LogP contribution in [0.5, 0.6) is 11.6 Å². The number of aromatic nitrogens is 2. The first-order valence-corrected chi connectivity index (χ1v) is 9.31. The van der Waals surface area contributed by atoms with Crippen LogP contribution in [0.1, 0.15) is 5.69 Å². The Morgan fingerprint density at radius 3 is 2.31 bits per heavy atom. The minimum atomic E-state index is -0.508. The molecule has 0 atom stereocenters. The SMILES string of the molecule is Cc1nc(N2CCOCC2)nc(Oc2ccc(-c3ccccc3)cc2)c1[N+](=O)[O-]. The van der Waals surface area contributed by atoms with Crippen LogP contribution in [0.4, 0.5) is 11.6 Å². The Kier molecular flexibility index (Phi) is 5.35. The van der Waals surface area contributed by atoms with Crippen LogP contribution in [0.25, 0.3) is 11.1 Å². The largest absolute Gasteiger partial charge is 0.434 e. The van der Waals surface area contributed by atoms with Crippen molar-refractivity contribution in [3.63, 3.8) is 0 Å². The number of aryl methyl sites for hydroxylation is 1. The van der Waals surface area contributed by atoms with Crippen LogP contribution in [0.15, 0.2) is 54.6 Å². The average molecular weight is 392 g/mol. The van der Waals surface area contributed by atoms with Crippen LogP contribution in [0.3, 0.4) is 0 Å². The second-order valence-corrected chi connectivity index (χ2v) is 6.61. The van der Waals surface area contributed by atoms with E-state index in [0.717, 1.165) is 11.1 Å². The standard InChI is InChI=1S/C21H20N4O4/c1-15-19(25(26)27)20(23-21(22-15)24-11-13-28-14-12-24)29-18-9-7-17(8-10-18)16-5-3-2-4-6-16/h2-10H,11-14H2,1H3. The van der Waals surface area contributed by atoms with Crippen molar-refractivity contribution in [3.8, 4) is 22.8 Å². The highest BCUT2D eigenvalue weighted by Gasteiger charge is 2.26. The van der Waals surface area contributed by atoms with Gasteiger partial charge in [0.1, 0.15) is 11.4 Å². The van der Waals surface area contributed by atoms with Gasteiger partial charge in [0.15, 0.2) is 0 Å². The number of rotatable bonds is 5. The number of benzene rings is 2. The fraction of sp³-hybridized carbons (Fsp3) is 0.238. The Hall–Kier alpha value is -3.52. The maximum atomic E-state index is 11.6. The number of anilines is 1. The van der Waals surface area contributed by atoms with E-state index in [9.17, 15) is 10.1 Å². The lowest BCUT2D eigenvalue weighted by Gasteiger charge is -2.27. The number of morpholine rings is 1. The van der Waals surface area contributed by atoms with E-state index in [-0.39, 0.29) is 17.3 Å². The molecule has 0 bridgehead atoms. The molecule has 1 aliphatic rings. The van der Waals surface area contributed by atoms with E-state index >= 15 is 0 Å². The molecule has 2 aromatic carbocycles. The van der Waals surface area contributed by atoms with Gasteiger partial charge in [0.2, 0.25) is 5.95 Å². The van der Waals surface area contributed by atoms with Crippen molar-refractivity contribution in [2.75, 3.05) is 31.2 Å². The van der Waals surface area contributed by atoms with Crippen LogP contribution in [0, 0.1) is 17.0 Å². The molecule has 0 radical (unpaired) electrons. The van der Waals surface area contributed by atoms with Crippen LogP contribution in [0.2, 0.25) is 0 Å². The fourth-order valence-electron chi connectivity index (χ4n) is 3.17. The summed E-state index contributed by atoms with van der Waals surface area (Å²) >= 11 is 0. The summed E-state index contributed by atoms with van der Waals surface area (Å²) in [6.07, 6.45) is 0. The van der Waals surface area contributed by atoms with Gasteiger partial charge in [-0.05, 0) is 30.2 Å². The van der Waals surface area contributed by atoms with Crippen LogP contribution < -0.4 is 9.64 Å². The molecule has 0 spiro atoms. The van der Waals surface area contributed by atoms with Crippen molar-refractivity contribution in [2.24, 2.45) is 0 Å². The third-order valence-corrected chi connectivity index (χ3v) is 4.67. The summed E-state index contributed by atoms with van der Waals surface area (Å²) in [5.74, 6) is 0.822. The van der Waals surface area contributed by atoms with Crippen molar-refractivity contribution in [1.29, 1.82) is 0 Å². The van der Waals surface area contributed by atoms with Gasteiger partial charge in [0.25, 0.3) is 0 Å². The molecular formula is C21H20N4O4. The predicted octanol–water partition coefficient (Wildman–Crippen LogP) is 3.99. The molecule has 8 heteroatoms. The Morgan fingerprint density at radius 2 is 1.66 bits per heavy atom. The highest BCUT2D eigenvalue weighted by atomic mass is 16.6. The summed E-state index contributed by atoms with van der Waals surface area (Å²) in [5, 5.41) is 11.6. The number of ether oxygens (including phenoxy) is 2. The molecule has 1 aromatic heterocycles. The minimum absolute atomic E-state index is 0.0588. The molecule has 1 aliphatic heterocycles. The minimum Gasteiger partial charge on any atom is -0.434 e. The molecule has 3 aromatic rings. The van der Waals surface area contributed by atoms with Gasteiger partial charge in [-0.2, -0.15) is 4.98 Å². The van der Waals surface area contributed by atoms with Crippen LogP contribution in [-0.4, -0.2) is 41.2 Å². The maximum absolute atomic E-state index is 11.6. The Bertz CT molecular complexity index is 1000. The average Bonchev–Trinajstić information content (AvgIpc) is 2.75. The van der Waals surface area contributed by atoms with Crippen molar-refractivity contribution < 1.29 is 14.4 Å². The van der Waals surface area contributed by atoms with E-state index in [0.29, 0.717) is 38.0 Å². The van der Waals surface area contributed by atoms with Gasteiger partial charge in [-0.1, -0.05) is 42.5 Å². The zero-order chi connectivity index (χ0) is 20.2. The van der Waals surface area contributed by atoms with E-state index in [1.54, 1.807) is 19.1 Å². The number of nitro groups is 1. The summed E-state index contributed by atoms with van der Waals surface area (Å²) < 4.78 is 11.2. The van der Waals surface area contributed by atoms with Crippen LogP contribution >= 0.6 is 0 Å². The fourth-order valence-corrected chi connectivity index (χ4v) is 3.17. The normalized spacial score (nSPS) is 13.9. The lowest BCUT2D eigenvalue weighted by molar-refractivity contribution is -0.386. The quantitative estimate of drug-likeness (QED) is 0.479. The van der Waals surface area contributed by atoms with Gasteiger partial charge < -0.3 is 14.4 Å². The molecule has 0 amide bonds. The Labute approximate surface area is 167 Å². The molecule has 0 N–H and O–H groups in total. The number of hydrogen-bond donors (Lipinski definition) is 0. The molecule has 4 rings (SSSR count). The molecular weight excluding hydrogens is 372 g/mol. The monoisotopic (exact) mass is 392 g/mol. The second kappa shape index (κ2) is 8.24. The Balaban J connectivity index is 1.64. The van der Waals surface area contributed by atoms with Gasteiger partial charge in [-0.25, -0.2) is 4.98 Å². The van der Waals surface area contributed by atoms with Gasteiger partial charge >= 0.3 is 11.6 Å². The summed E-state index contributed by atoms with van der Waals surface area (Å²) in [6, 6.07) is 17.3. The second-order valence-electron chi connectivity index (χ2n) is 6.61. The van der Waals surface area contributed by atoms with Crippen LogP contribution in [-0.2, 0) is 4.74 Å². The third-order valence-electron chi connectivity index (χ3n) is 4.67. The predicted molar refractivity (Wildman–Crippen MR) is 108 cm³/mol. The topological polar surface area (TPSA) is 90.6 Å². The van der Waals surface area contributed by atoms with E-state index in [1.807, 2.05) is 47.4 Å². The molecule has 1 saturated heterocycles. The van der Waals surface area contributed by atoms with Crippen molar-refractivity contribution in [2.45, 2.75) is 6.92 Å². The smallest absolute Gasteiger partial charge is 0.352 e. The summed E-state index contributed by atoms with van der Waals surface area (Å²) in [7, 11) is 0. The highest BCUT2D eigenvalue weighted by molar-refractivity contribution is 5.64. The summed E-state index contributed by atoms with van der Waals surface area (Å²) in [6.45, 7) is 3.98. The van der Waals surface area contributed by atoms with E-state index < -0.39 is 4.92 Å². The van der Waals surface area contributed by atoms with E-state index in [2.05, 4.69) is 9.97 Å². The van der Waals surface area contributed by atoms with Crippen molar-refractivity contribution in [3.05, 3.63) is 70.4 Å². The number of hydrogen-bond acceptors (Lipinski definition) is 7. The van der Waals surface area contributed by atoms with Gasteiger partial charge in [0, 0.05) is 13.1 Å². The zero-order valence-corrected chi connectivity index (χ0v) is 15.9.